The van der Waals surface area contributed by atoms with Crippen LogP contribution in [0.1, 0.15) is 17.2 Å². The number of likely N-dealkylation sites (tertiary alicyclic amines) is 1. The van der Waals surface area contributed by atoms with Crippen molar-refractivity contribution in [3.63, 3.8) is 0 Å². The van der Waals surface area contributed by atoms with Gasteiger partial charge in [0.1, 0.15) is 5.76 Å². The van der Waals surface area contributed by atoms with Crippen LogP contribution in [0.4, 0.5) is 5.69 Å². The van der Waals surface area contributed by atoms with Gasteiger partial charge >= 0.3 is 0 Å². The van der Waals surface area contributed by atoms with Gasteiger partial charge < -0.3 is 19.8 Å². The molecule has 1 atom stereocenters. The number of rotatable bonds is 8. The number of ketones is 1. The summed E-state index contributed by atoms with van der Waals surface area (Å²) < 4.78 is 5.22. The fraction of sp³-hybridized carbons (Fsp3) is 0.250. The Hall–Kier alpha value is -3.63. The normalized spacial score (nSPS) is 18.0. The second-order valence-corrected chi connectivity index (χ2v) is 6.42. The lowest BCUT2D eigenvalue weighted by Gasteiger charge is -2.24. The number of pyridine rings is 1. The van der Waals surface area contributed by atoms with E-state index in [2.05, 4.69) is 4.98 Å². The van der Waals surface area contributed by atoms with E-state index in [-0.39, 0.29) is 43.2 Å². The number of carbonyl (C=O) groups excluding carboxylic acids is 2. The van der Waals surface area contributed by atoms with Gasteiger partial charge in [0.05, 0.1) is 36.4 Å². The van der Waals surface area contributed by atoms with Crippen molar-refractivity contribution in [2.24, 2.45) is 0 Å². The molecular formula is C20H19N3O7. The third-order valence-corrected chi connectivity index (χ3v) is 4.60. The molecule has 1 fully saturated rings. The van der Waals surface area contributed by atoms with E-state index >= 15 is 0 Å². The summed E-state index contributed by atoms with van der Waals surface area (Å²) in [5, 5.41) is 30.5. The lowest BCUT2D eigenvalue weighted by molar-refractivity contribution is -0.384. The monoisotopic (exact) mass is 413 g/mol. The number of nitrogens with zero attached hydrogens (tertiary/aromatic N) is 3. The summed E-state index contributed by atoms with van der Waals surface area (Å²) in [5.74, 6) is -2.11. The number of nitro groups is 1. The SMILES string of the molecule is O=C1C(=O)N(CCOCCO)C(c2cccnc2)C1=C(O)c1ccc([N+](=O)[O-])cc1. The van der Waals surface area contributed by atoms with Gasteiger partial charge in [-0.15, -0.1) is 0 Å². The molecule has 0 spiro atoms. The topological polar surface area (TPSA) is 143 Å². The van der Waals surface area contributed by atoms with Gasteiger partial charge in [0.25, 0.3) is 17.4 Å². The summed E-state index contributed by atoms with van der Waals surface area (Å²) in [6.45, 7) is 0.0539. The average Bonchev–Trinajstić information content (AvgIpc) is 3.01. The molecule has 2 aromatic rings. The first-order valence-corrected chi connectivity index (χ1v) is 9.07. The molecule has 10 nitrogen and oxygen atoms in total. The molecule has 0 aliphatic carbocycles. The van der Waals surface area contributed by atoms with Gasteiger partial charge in [-0.2, -0.15) is 0 Å². The molecule has 30 heavy (non-hydrogen) atoms. The summed E-state index contributed by atoms with van der Waals surface area (Å²) in [5.41, 5.74) is 0.382. The highest BCUT2D eigenvalue weighted by Gasteiger charge is 2.46. The quantitative estimate of drug-likeness (QED) is 0.165. The summed E-state index contributed by atoms with van der Waals surface area (Å²) in [6, 6.07) is 7.45. The summed E-state index contributed by atoms with van der Waals surface area (Å²) >= 11 is 0. The van der Waals surface area contributed by atoms with E-state index in [9.17, 15) is 24.8 Å². The van der Waals surface area contributed by atoms with Crippen LogP contribution in [0.3, 0.4) is 0 Å². The van der Waals surface area contributed by atoms with Crippen molar-refractivity contribution < 1.29 is 29.5 Å². The molecule has 1 aliphatic heterocycles. The fourth-order valence-corrected chi connectivity index (χ4v) is 3.22. The maximum absolute atomic E-state index is 12.8. The maximum Gasteiger partial charge on any atom is 0.295 e. The number of hydrogen-bond donors (Lipinski definition) is 2. The van der Waals surface area contributed by atoms with E-state index < -0.39 is 28.4 Å². The third-order valence-electron chi connectivity index (χ3n) is 4.60. The van der Waals surface area contributed by atoms with Crippen LogP contribution in [0, 0.1) is 10.1 Å². The minimum Gasteiger partial charge on any atom is -0.507 e. The highest BCUT2D eigenvalue weighted by atomic mass is 16.6. The molecule has 1 unspecified atom stereocenters. The molecule has 1 saturated heterocycles. The Morgan fingerprint density at radius 3 is 2.53 bits per heavy atom. The minimum absolute atomic E-state index is 0.0567. The highest BCUT2D eigenvalue weighted by Crippen LogP contribution is 2.39. The number of aliphatic hydroxyl groups is 2. The zero-order valence-corrected chi connectivity index (χ0v) is 15.8. The predicted molar refractivity (Wildman–Crippen MR) is 104 cm³/mol. The van der Waals surface area contributed by atoms with Gasteiger partial charge in [-0.05, 0) is 23.8 Å². The summed E-state index contributed by atoms with van der Waals surface area (Å²) in [6.07, 6.45) is 3.03. The van der Waals surface area contributed by atoms with Crippen molar-refractivity contribution in [3.8, 4) is 0 Å². The molecule has 1 aromatic carbocycles. The van der Waals surface area contributed by atoms with E-state index in [1.807, 2.05) is 0 Å². The van der Waals surface area contributed by atoms with Gasteiger partial charge in [0.2, 0.25) is 0 Å². The van der Waals surface area contributed by atoms with Crippen LogP contribution >= 0.6 is 0 Å². The van der Waals surface area contributed by atoms with Crippen LogP contribution in [0.25, 0.3) is 5.76 Å². The minimum atomic E-state index is -0.897. The number of ether oxygens (including phenoxy) is 1. The number of nitro benzene ring substituents is 1. The van der Waals surface area contributed by atoms with Gasteiger partial charge in [-0.25, -0.2) is 0 Å². The molecule has 1 aromatic heterocycles. The summed E-state index contributed by atoms with van der Waals surface area (Å²) in [4.78, 5) is 41.0. The molecular weight excluding hydrogens is 394 g/mol. The maximum atomic E-state index is 12.8. The molecule has 2 N–H and O–H groups in total. The van der Waals surface area contributed by atoms with Gasteiger partial charge in [-0.1, -0.05) is 6.07 Å². The second kappa shape index (κ2) is 9.25. The average molecular weight is 413 g/mol. The molecule has 156 valence electrons. The molecule has 0 saturated carbocycles. The first-order valence-electron chi connectivity index (χ1n) is 9.07. The lowest BCUT2D eigenvalue weighted by atomic mass is 9.96. The zero-order chi connectivity index (χ0) is 21.7. The molecule has 1 aliphatic rings. The van der Waals surface area contributed by atoms with Crippen molar-refractivity contribution in [2.75, 3.05) is 26.4 Å². The zero-order valence-electron chi connectivity index (χ0n) is 15.8. The van der Waals surface area contributed by atoms with Crippen molar-refractivity contribution >= 4 is 23.1 Å². The van der Waals surface area contributed by atoms with Gasteiger partial charge in [-0.3, -0.25) is 24.7 Å². The number of aliphatic hydroxyl groups excluding tert-OH is 2. The van der Waals surface area contributed by atoms with Gasteiger partial charge in [0.15, 0.2) is 0 Å². The van der Waals surface area contributed by atoms with Crippen molar-refractivity contribution in [2.45, 2.75) is 6.04 Å². The van der Waals surface area contributed by atoms with Crippen LogP contribution in [-0.2, 0) is 14.3 Å². The van der Waals surface area contributed by atoms with Crippen molar-refractivity contribution in [3.05, 3.63) is 75.6 Å². The van der Waals surface area contributed by atoms with Crippen LogP contribution in [0.15, 0.2) is 54.4 Å². The molecule has 1 amide bonds. The number of Topliss-reactive ketones (excluding diaryl/α,β-unsaturated/α-hetero) is 1. The number of amides is 1. The molecule has 0 radical (unpaired) electrons. The summed E-state index contributed by atoms with van der Waals surface area (Å²) in [7, 11) is 0. The van der Waals surface area contributed by atoms with Crippen molar-refractivity contribution in [1.82, 2.24) is 9.88 Å². The van der Waals surface area contributed by atoms with Crippen LogP contribution < -0.4 is 0 Å². The van der Waals surface area contributed by atoms with E-state index in [0.717, 1.165) is 0 Å². The predicted octanol–water partition coefficient (Wildman–Crippen LogP) is 1.42. The number of carbonyl (C=O) groups is 2. The Labute approximate surface area is 171 Å². The second-order valence-electron chi connectivity index (χ2n) is 6.42. The Morgan fingerprint density at radius 1 is 1.20 bits per heavy atom. The molecule has 10 heteroatoms. The molecule has 0 bridgehead atoms. The first kappa shape index (κ1) is 21.1. The van der Waals surface area contributed by atoms with E-state index in [4.69, 9.17) is 9.84 Å². The molecule has 2 heterocycles. The third kappa shape index (κ3) is 4.19. The largest absolute Gasteiger partial charge is 0.507 e. The molecule has 3 rings (SSSR count). The number of hydrogen-bond acceptors (Lipinski definition) is 8. The smallest absolute Gasteiger partial charge is 0.295 e. The first-order chi connectivity index (χ1) is 14.5. The fourth-order valence-electron chi connectivity index (χ4n) is 3.22. The van der Waals surface area contributed by atoms with Crippen molar-refractivity contribution in [1.29, 1.82) is 0 Å². The lowest BCUT2D eigenvalue weighted by Crippen LogP contribution is -2.33. The Morgan fingerprint density at radius 2 is 1.93 bits per heavy atom. The Bertz CT molecular complexity index is 974. The van der Waals surface area contributed by atoms with Crippen LogP contribution in [0.2, 0.25) is 0 Å². The Kier molecular flexibility index (Phi) is 6.50. The number of aromatic nitrogens is 1. The van der Waals surface area contributed by atoms with Gasteiger partial charge in [0, 0.05) is 36.6 Å². The Balaban J connectivity index is 2.03. The van der Waals surface area contributed by atoms with Crippen LogP contribution in [-0.4, -0.2) is 63.1 Å². The van der Waals surface area contributed by atoms with E-state index in [0.29, 0.717) is 5.56 Å². The van der Waals surface area contributed by atoms with E-state index in [1.54, 1.807) is 12.1 Å². The highest BCUT2D eigenvalue weighted by molar-refractivity contribution is 6.46. The number of benzene rings is 1. The number of non-ortho nitro benzene ring substituents is 1. The van der Waals surface area contributed by atoms with Crippen LogP contribution in [0.5, 0.6) is 0 Å². The standard InChI is InChI=1S/C20H19N3O7/c24-9-11-30-10-8-22-17(14-2-1-7-21-12-14)16(19(26)20(22)27)18(25)13-3-5-15(6-4-13)23(28)29/h1-7,12,17,24-25H,8-11H2. The van der Waals surface area contributed by atoms with E-state index in [1.165, 1.54) is 41.6 Å².